The summed E-state index contributed by atoms with van der Waals surface area (Å²) in [5.74, 6) is -0.188. The van der Waals surface area contributed by atoms with Gasteiger partial charge in [-0.1, -0.05) is 30.3 Å². The number of benzene rings is 1. The molecule has 22 heavy (non-hydrogen) atoms. The van der Waals surface area contributed by atoms with Crippen LogP contribution >= 0.6 is 0 Å². The van der Waals surface area contributed by atoms with E-state index in [2.05, 4.69) is 15.4 Å². The molecule has 0 bridgehead atoms. The summed E-state index contributed by atoms with van der Waals surface area (Å²) < 4.78 is 1.73. The molecule has 3 aromatic rings. The monoisotopic (exact) mass is 292 g/mol. The van der Waals surface area contributed by atoms with Crippen molar-refractivity contribution in [3.05, 3.63) is 59.9 Å². The summed E-state index contributed by atoms with van der Waals surface area (Å²) >= 11 is 0. The molecule has 0 radical (unpaired) electrons. The number of nitrogens with zero attached hydrogens (tertiary/aromatic N) is 3. The Morgan fingerprint density at radius 1 is 1.27 bits per heavy atom. The second kappa shape index (κ2) is 5.81. The van der Waals surface area contributed by atoms with Gasteiger partial charge in [0.2, 0.25) is 5.91 Å². The molecule has 1 N–H and O–H groups in total. The molecule has 0 unspecified atom stereocenters. The maximum atomic E-state index is 12.0. The largest absolute Gasteiger partial charge is 0.321 e. The second-order valence-corrected chi connectivity index (χ2v) is 5.04. The van der Waals surface area contributed by atoms with Crippen LogP contribution in [0.1, 0.15) is 11.3 Å². The van der Waals surface area contributed by atoms with Gasteiger partial charge in [-0.2, -0.15) is 5.10 Å². The van der Waals surface area contributed by atoms with Gasteiger partial charge in [-0.05, 0) is 24.6 Å². The van der Waals surface area contributed by atoms with Crippen LogP contribution in [0, 0.1) is 6.92 Å². The first-order valence-electron chi connectivity index (χ1n) is 6.97. The molecule has 0 aliphatic carbocycles. The topological polar surface area (TPSA) is 59.8 Å². The molecule has 0 spiro atoms. The Morgan fingerprint density at radius 2 is 2.05 bits per heavy atom. The third-order valence-corrected chi connectivity index (χ3v) is 3.36. The smallest absolute Gasteiger partial charge is 0.248 e. The van der Waals surface area contributed by atoms with Crippen LogP contribution < -0.4 is 5.32 Å². The Labute approximate surface area is 128 Å². The van der Waals surface area contributed by atoms with Crippen LogP contribution in [0.3, 0.4) is 0 Å². The number of aryl methyl sites for hydroxylation is 2. The molecule has 2 heterocycles. The number of hydrogen-bond acceptors (Lipinski definition) is 3. The number of anilines is 1. The van der Waals surface area contributed by atoms with E-state index in [9.17, 15) is 4.79 Å². The zero-order chi connectivity index (χ0) is 15.5. The van der Waals surface area contributed by atoms with Crippen LogP contribution in [0.4, 0.5) is 5.69 Å². The van der Waals surface area contributed by atoms with E-state index in [1.165, 1.54) is 6.08 Å². The molecule has 1 aromatic carbocycles. The van der Waals surface area contributed by atoms with Crippen molar-refractivity contribution in [3.8, 4) is 0 Å². The molecule has 3 rings (SSSR count). The Bertz CT molecular complexity index is 850. The first-order chi connectivity index (χ1) is 10.6. The molecule has 2 aromatic heterocycles. The average Bonchev–Trinajstić information content (AvgIpc) is 2.81. The Balaban J connectivity index is 1.77. The van der Waals surface area contributed by atoms with Crippen molar-refractivity contribution in [2.75, 3.05) is 5.32 Å². The number of aromatic nitrogens is 3. The van der Waals surface area contributed by atoms with Gasteiger partial charge in [0.1, 0.15) is 0 Å². The summed E-state index contributed by atoms with van der Waals surface area (Å²) in [6, 6.07) is 11.6. The van der Waals surface area contributed by atoms with E-state index < -0.39 is 0 Å². The number of hydrogen-bond donors (Lipinski definition) is 1. The molecular formula is C17H16N4O. The highest BCUT2D eigenvalue weighted by Gasteiger charge is 2.07. The van der Waals surface area contributed by atoms with Crippen LogP contribution in [0.5, 0.6) is 0 Å². The lowest BCUT2D eigenvalue weighted by Gasteiger charge is -2.02. The average molecular weight is 292 g/mol. The minimum absolute atomic E-state index is 0.188. The molecular weight excluding hydrogens is 276 g/mol. The summed E-state index contributed by atoms with van der Waals surface area (Å²) in [7, 11) is 1.85. The quantitative estimate of drug-likeness (QED) is 0.755. The van der Waals surface area contributed by atoms with Crippen molar-refractivity contribution in [3.63, 3.8) is 0 Å². The van der Waals surface area contributed by atoms with Gasteiger partial charge in [0, 0.05) is 18.5 Å². The van der Waals surface area contributed by atoms with E-state index >= 15 is 0 Å². The van der Waals surface area contributed by atoms with Crippen molar-refractivity contribution in [2.45, 2.75) is 6.92 Å². The molecule has 110 valence electrons. The Kier molecular flexibility index (Phi) is 3.70. The summed E-state index contributed by atoms with van der Waals surface area (Å²) in [5.41, 5.74) is 3.33. The lowest BCUT2D eigenvalue weighted by molar-refractivity contribution is -0.111. The van der Waals surface area contributed by atoms with Gasteiger partial charge in [0.15, 0.2) is 5.65 Å². The SMILES string of the molecule is Cc1nn(C)c2ncc(NC(=O)/C=C/c3ccccc3)cc12. The van der Waals surface area contributed by atoms with E-state index in [0.717, 1.165) is 22.3 Å². The number of pyridine rings is 1. The molecule has 0 atom stereocenters. The number of fused-ring (bicyclic) bond motifs is 1. The summed E-state index contributed by atoms with van der Waals surface area (Å²) in [5, 5.41) is 8.07. The van der Waals surface area contributed by atoms with Crippen LogP contribution in [-0.4, -0.2) is 20.7 Å². The first kappa shape index (κ1) is 14.0. The second-order valence-electron chi connectivity index (χ2n) is 5.04. The fourth-order valence-corrected chi connectivity index (χ4v) is 2.30. The fraction of sp³-hybridized carbons (Fsp3) is 0.118. The molecule has 0 aliphatic rings. The van der Waals surface area contributed by atoms with E-state index in [-0.39, 0.29) is 5.91 Å². The van der Waals surface area contributed by atoms with Crippen molar-refractivity contribution >= 4 is 28.7 Å². The van der Waals surface area contributed by atoms with Gasteiger partial charge in [0.25, 0.3) is 0 Å². The third kappa shape index (κ3) is 2.88. The molecule has 5 heteroatoms. The Hall–Kier alpha value is -2.95. The first-order valence-corrected chi connectivity index (χ1v) is 6.97. The standard InChI is InChI=1S/C17H16N4O/c1-12-15-10-14(11-18-17(15)21(2)20-12)19-16(22)9-8-13-6-4-3-5-7-13/h3-11H,1-2H3,(H,19,22)/b9-8+. The van der Waals surface area contributed by atoms with Crippen molar-refractivity contribution in [1.82, 2.24) is 14.8 Å². The maximum Gasteiger partial charge on any atom is 0.248 e. The highest BCUT2D eigenvalue weighted by atomic mass is 16.1. The molecule has 0 aliphatic heterocycles. The molecule has 5 nitrogen and oxygen atoms in total. The zero-order valence-corrected chi connectivity index (χ0v) is 12.4. The zero-order valence-electron chi connectivity index (χ0n) is 12.4. The van der Waals surface area contributed by atoms with E-state index in [1.54, 1.807) is 17.0 Å². The summed E-state index contributed by atoms with van der Waals surface area (Å²) in [6.07, 6.45) is 4.92. The van der Waals surface area contributed by atoms with Gasteiger partial charge in [-0.25, -0.2) is 4.98 Å². The Morgan fingerprint density at radius 3 is 2.82 bits per heavy atom. The lowest BCUT2D eigenvalue weighted by Crippen LogP contribution is -2.08. The van der Waals surface area contributed by atoms with Gasteiger partial charge < -0.3 is 5.32 Å². The number of carbonyl (C=O) groups excluding carboxylic acids is 1. The van der Waals surface area contributed by atoms with Crippen LogP contribution in [0.25, 0.3) is 17.1 Å². The minimum Gasteiger partial charge on any atom is -0.321 e. The van der Waals surface area contributed by atoms with Crippen molar-refractivity contribution < 1.29 is 4.79 Å². The van der Waals surface area contributed by atoms with Gasteiger partial charge in [-0.3, -0.25) is 9.48 Å². The van der Waals surface area contributed by atoms with Crippen LogP contribution in [0.15, 0.2) is 48.7 Å². The van der Waals surface area contributed by atoms with E-state index in [4.69, 9.17) is 0 Å². The molecule has 0 saturated carbocycles. The number of nitrogens with one attached hydrogen (secondary N) is 1. The normalized spacial score (nSPS) is 11.2. The predicted octanol–water partition coefficient (Wildman–Crippen LogP) is 2.93. The third-order valence-electron chi connectivity index (χ3n) is 3.36. The predicted molar refractivity (Wildman–Crippen MR) is 87.4 cm³/mol. The maximum absolute atomic E-state index is 12.0. The lowest BCUT2D eigenvalue weighted by atomic mass is 10.2. The van der Waals surface area contributed by atoms with Gasteiger partial charge >= 0.3 is 0 Å². The van der Waals surface area contributed by atoms with E-state index in [0.29, 0.717) is 5.69 Å². The molecule has 0 saturated heterocycles. The van der Waals surface area contributed by atoms with E-state index in [1.807, 2.05) is 50.4 Å². The van der Waals surface area contributed by atoms with Gasteiger partial charge in [-0.15, -0.1) is 0 Å². The highest BCUT2D eigenvalue weighted by molar-refractivity contribution is 6.02. The highest BCUT2D eigenvalue weighted by Crippen LogP contribution is 2.19. The summed E-state index contributed by atoms with van der Waals surface area (Å²) in [4.78, 5) is 16.3. The van der Waals surface area contributed by atoms with Crippen LogP contribution in [-0.2, 0) is 11.8 Å². The van der Waals surface area contributed by atoms with Crippen LogP contribution in [0.2, 0.25) is 0 Å². The fourth-order valence-electron chi connectivity index (χ4n) is 2.30. The summed E-state index contributed by atoms with van der Waals surface area (Å²) in [6.45, 7) is 1.92. The molecule has 0 fully saturated rings. The minimum atomic E-state index is -0.188. The number of rotatable bonds is 3. The van der Waals surface area contributed by atoms with Crippen molar-refractivity contribution in [2.24, 2.45) is 7.05 Å². The number of carbonyl (C=O) groups is 1. The van der Waals surface area contributed by atoms with Gasteiger partial charge in [0.05, 0.1) is 17.6 Å². The van der Waals surface area contributed by atoms with Crippen molar-refractivity contribution in [1.29, 1.82) is 0 Å². The number of amides is 1. The molecule has 1 amide bonds.